The summed E-state index contributed by atoms with van der Waals surface area (Å²) in [5, 5.41) is 12.1. The number of thioether (sulfide) groups is 1. The molecule has 0 amide bonds. The first-order valence-corrected chi connectivity index (χ1v) is 10.4. The summed E-state index contributed by atoms with van der Waals surface area (Å²) in [6.45, 7) is 0. The molecule has 4 aromatic rings. The van der Waals surface area contributed by atoms with Crippen LogP contribution < -0.4 is 4.74 Å². The van der Waals surface area contributed by atoms with Crippen LogP contribution in [0.5, 0.6) is 5.75 Å². The summed E-state index contributed by atoms with van der Waals surface area (Å²) < 4.78 is 21.1. The summed E-state index contributed by atoms with van der Waals surface area (Å²) in [5.41, 5.74) is 2.43. The van der Waals surface area contributed by atoms with Crippen LogP contribution in [-0.2, 0) is 12.8 Å². The highest BCUT2D eigenvalue weighted by molar-refractivity contribution is 7.98. The molecule has 142 valence electrons. The highest BCUT2D eigenvalue weighted by Gasteiger charge is 2.15. The molecular formula is C20H17FN4OS2. The van der Waals surface area contributed by atoms with Gasteiger partial charge in [0.2, 0.25) is 0 Å². The molecule has 0 radical (unpaired) electrons. The second-order valence-electron chi connectivity index (χ2n) is 6.01. The second-order valence-corrected chi connectivity index (χ2v) is 7.81. The molecular weight excluding hydrogens is 395 g/mol. The Morgan fingerprint density at radius 1 is 1.14 bits per heavy atom. The monoisotopic (exact) mass is 412 g/mol. The fraction of sp³-hybridized carbons (Fsp3) is 0.150. The topological polar surface area (TPSA) is 52.8 Å². The van der Waals surface area contributed by atoms with Gasteiger partial charge in [-0.1, -0.05) is 36.0 Å². The zero-order valence-electron chi connectivity index (χ0n) is 15.3. The molecule has 2 heterocycles. The Balaban J connectivity index is 1.49. The highest BCUT2D eigenvalue weighted by atomic mass is 32.2. The molecule has 0 bridgehead atoms. The lowest BCUT2D eigenvalue weighted by molar-refractivity contribution is 0.415. The van der Waals surface area contributed by atoms with Crippen LogP contribution in [0, 0.1) is 5.82 Å². The van der Waals surface area contributed by atoms with E-state index >= 15 is 0 Å². The first kappa shape index (κ1) is 18.6. The number of methoxy groups -OCH3 is 1. The summed E-state index contributed by atoms with van der Waals surface area (Å²) in [6, 6.07) is 14.4. The van der Waals surface area contributed by atoms with E-state index in [4.69, 9.17) is 9.72 Å². The number of thiazole rings is 1. The Kier molecular flexibility index (Phi) is 5.40. The van der Waals surface area contributed by atoms with Crippen molar-refractivity contribution in [2.45, 2.75) is 10.9 Å². The zero-order chi connectivity index (χ0) is 19.5. The molecule has 2 aromatic carbocycles. The van der Waals surface area contributed by atoms with Gasteiger partial charge in [-0.15, -0.1) is 21.5 Å². The average molecular weight is 413 g/mol. The van der Waals surface area contributed by atoms with E-state index < -0.39 is 0 Å². The first-order chi connectivity index (χ1) is 13.7. The van der Waals surface area contributed by atoms with Gasteiger partial charge in [0.15, 0.2) is 11.0 Å². The fourth-order valence-corrected chi connectivity index (χ4v) is 4.44. The van der Waals surface area contributed by atoms with Crippen molar-refractivity contribution < 1.29 is 9.13 Å². The third-order valence-corrected chi connectivity index (χ3v) is 6.16. The molecule has 0 spiro atoms. The van der Waals surface area contributed by atoms with Gasteiger partial charge in [0.25, 0.3) is 0 Å². The van der Waals surface area contributed by atoms with E-state index in [1.165, 1.54) is 17.8 Å². The molecule has 0 fully saturated rings. The molecule has 0 aliphatic heterocycles. The molecule has 4 rings (SSSR count). The largest absolute Gasteiger partial charge is 0.497 e. The number of benzene rings is 2. The summed E-state index contributed by atoms with van der Waals surface area (Å²) in [6.07, 6.45) is 0. The van der Waals surface area contributed by atoms with E-state index in [9.17, 15) is 4.39 Å². The molecule has 0 saturated carbocycles. The van der Waals surface area contributed by atoms with Crippen LogP contribution in [0.15, 0.2) is 59.1 Å². The number of rotatable bonds is 6. The van der Waals surface area contributed by atoms with Gasteiger partial charge in [-0.25, -0.2) is 9.37 Å². The quantitative estimate of drug-likeness (QED) is 0.415. The van der Waals surface area contributed by atoms with E-state index in [1.54, 1.807) is 41.2 Å². The van der Waals surface area contributed by atoms with E-state index in [0.717, 1.165) is 22.0 Å². The lowest BCUT2D eigenvalue weighted by atomic mass is 10.2. The fourth-order valence-electron chi connectivity index (χ4n) is 2.72. The van der Waals surface area contributed by atoms with Crippen molar-refractivity contribution >= 4 is 23.1 Å². The number of nitrogens with zero attached hydrogens (tertiary/aromatic N) is 4. The van der Waals surface area contributed by atoms with Crippen molar-refractivity contribution in [2.75, 3.05) is 7.11 Å². The minimum absolute atomic E-state index is 0.308. The normalized spacial score (nSPS) is 11.0. The number of hydrogen-bond donors (Lipinski definition) is 0. The van der Waals surface area contributed by atoms with Gasteiger partial charge >= 0.3 is 0 Å². The summed E-state index contributed by atoms with van der Waals surface area (Å²) in [4.78, 5) is 4.70. The molecule has 28 heavy (non-hydrogen) atoms. The molecule has 2 aromatic heterocycles. The van der Waals surface area contributed by atoms with Crippen LogP contribution in [0.2, 0.25) is 0 Å². The third-order valence-electron chi connectivity index (χ3n) is 4.17. The van der Waals surface area contributed by atoms with Crippen LogP contribution in [-0.4, -0.2) is 26.9 Å². The second kappa shape index (κ2) is 8.12. The van der Waals surface area contributed by atoms with Crippen LogP contribution in [0.25, 0.3) is 22.0 Å². The molecule has 0 unspecified atom stereocenters. The standard InChI is InChI=1S/C20H17FN4OS2/c1-25-18(16-8-3-4-9-17(16)21)23-24-20(25)28-12-14-11-27-19(22-14)13-6-5-7-15(10-13)26-2/h3-11H,12H2,1-2H3. The van der Waals surface area contributed by atoms with Crippen LogP contribution >= 0.6 is 23.1 Å². The minimum atomic E-state index is -0.308. The first-order valence-electron chi connectivity index (χ1n) is 8.51. The zero-order valence-corrected chi connectivity index (χ0v) is 16.9. The van der Waals surface area contributed by atoms with Gasteiger partial charge < -0.3 is 9.30 Å². The smallest absolute Gasteiger partial charge is 0.191 e. The molecule has 5 nitrogen and oxygen atoms in total. The predicted octanol–water partition coefficient (Wildman–Crippen LogP) is 5.05. The molecule has 0 saturated heterocycles. The van der Waals surface area contributed by atoms with Crippen LogP contribution in [0.3, 0.4) is 0 Å². The van der Waals surface area contributed by atoms with Gasteiger partial charge in [-0.3, -0.25) is 0 Å². The van der Waals surface area contributed by atoms with Crippen molar-refractivity contribution in [3.05, 3.63) is 65.4 Å². The van der Waals surface area contributed by atoms with Gasteiger partial charge in [0.1, 0.15) is 16.6 Å². The van der Waals surface area contributed by atoms with Gasteiger partial charge in [-0.05, 0) is 24.3 Å². The van der Waals surface area contributed by atoms with E-state index in [-0.39, 0.29) is 5.82 Å². The summed E-state index contributed by atoms with van der Waals surface area (Å²) in [7, 11) is 3.49. The lowest BCUT2D eigenvalue weighted by Gasteiger charge is -2.04. The number of ether oxygens (including phenoxy) is 1. The average Bonchev–Trinajstić information content (AvgIpc) is 3.34. The molecule has 0 N–H and O–H groups in total. The summed E-state index contributed by atoms with van der Waals surface area (Å²) >= 11 is 3.12. The van der Waals surface area contributed by atoms with Crippen molar-refractivity contribution in [2.24, 2.45) is 7.05 Å². The highest BCUT2D eigenvalue weighted by Crippen LogP contribution is 2.30. The van der Waals surface area contributed by atoms with Crippen molar-refractivity contribution in [3.8, 4) is 27.7 Å². The van der Waals surface area contributed by atoms with Crippen molar-refractivity contribution in [1.29, 1.82) is 0 Å². The molecule has 8 heteroatoms. The molecule has 0 aliphatic rings. The van der Waals surface area contributed by atoms with E-state index in [2.05, 4.69) is 10.2 Å². The van der Waals surface area contributed by atoms with Crippen molar-refractivity contribution in [1.82, 2.24) is 19.7 Å². The van der Waals surface area contributed by atoms with Crippen LogP contribution in [0.4, 0.5) is 4.39 Å². The summed E-state index contributed by atoms with van der Waals surface area (Å²) in [5.74, 6) is 1.67. The maximum absolute atomic E-state index is 14.0. The third kappa shape index (κ3) is 3.79. The lowest BCUT2D eigenvalue weighted by Crippen LogP contribution is -1.96. The van der Waals surface area contributed by atoms with Crippen LogP contribution in [0.1, 0.15) is 5.69 Å². The Bertz CT molecular complexity index is 1110. The molecule has 0 aliphatic carbocycles. The van der Waals surface area contributed by atoms with Crippen molar-refractivity contribution in [3.63, 3.8) is 0 Å². The minimum Gasteiger partial charge on any atom is -0.497 e. The molecule has 0 atom stereocenters. The van der Waals surface area contributed by atoms with Gasteiger partial charge in [0, 0.05) is 23.7 Å². The Hall–Kier alpha value is -2.71. The van der Waals surface area contributed by atoms with E-state index in [0.29, 0.717) is 22.3 Å². The Labute approximate surface area is 170 Å². The maximum Gasteiger partial charge on any atom is 0.191 e. The van der Waals surface area contributed by atoms with E-state index in [1.807, 2.05) is 36.7 Å². The number of halogens is 1. The maximum atomic E-state index is 14.0. The van der Waals surface area contributed by atoms with Gasteiger partial charge in [-0.2, -0.15) is 0 Å². The van der Waals surface area contributed by atoms with Gasteiger partial charge in [0.05, 0.1) is 18.4 Å². The Morgan fingerprint density at radius 3 is 2.82 bits per heavy atom. The number of aromatic nitrogens is 4. The SMILES string of the molecule is COc1cccc(-c2nc(CSc3nnc(-c4ccccc4F)n3C)cs2)c1. The predicted molar refractivity (Wildman–Crippen MR) is 110 cm³/mol. The number of hydrogen-bond acceptors (Lipinski definition) is 6. The Morgan fingerprint density at radius 2 is 2.00 bits per heavy atom.